The van der Waals surface area contributed by atoms with Crippen molar-refractivity contribution < 1.29 is 0 Å². The van der Waals surface area contributed by atoms with E-state index in [0.29, 0.717) is 5.02 Å². The monoisotopic (exact) mass is 203 g/mol. The van der Waals surface area contributed by atoms with Gasteiger partial charge in [0.2, 0.25) is 0 Å². The van der Waals surface area contributed by atoms with Gasteiger partial charge in [0, 0.05) is 11.6 Å². The molecule has 70 valence electrons. The Morgan fingerprint density at radius 3 is 3.00 bits per heavy atom. The molecule has 0 radical (unpaired) electrons. The van der Waals surface area contributed by atoms with E-state index < -0.39 is 0 Å². The van der Waals surface area contributed by atoms with Crippen LogP contribution in [0.1, 0.15) is 11.1 Å². The molecule has 0 saturated carbocycles. The number of halogens is 1. The minimum atomic E-state index is 0.698. The summed E-state index contributed by atoms with van der Waals surface area (Å²) in [5.41, 5.74) is 3.08. The summed E-state index contributed by atoms with van der Waals surface area (Å²) in [6, 6.07) is 5.84. The zero-order valence-electron chi connectivity index (χ0n) is 7.92. The molecule has 2 rings (SSSR count). The van der Waals surface area contributed by atoms with Crippen molar-refractivity contribution in [2.45, 2.75) is 6.92 Å². The van der Waals surface area contributed by atoms with Crippen molar-refractivity contribution in [2.24, 2.45) is 0 Å². The van der Waals surface area contributed by atoms with Gasteiger partial charge >= 0.3 is 0 Å². The van der Waals surface area contributed by atoms with E-state index in [0.717, 1.165) is 22.0 Å². The van der Waals surface area contributed by atoms with E-state index >= 15 is 0 Å². The molecule has 0 fully saturated rings. The second kappa shape index (κ2) is 3.43. The normalized spacial score (nSPS) is 10.4. The van der Waals surface area contributed by atoms with Crippen LogP contribution < -0.4 is 0 Å². The molecule has 0 saturated heterocycles. The summed E-state index contributed by atoms with van der Waals surface area (Å²) in [7, 11) is 0. The van der Waals surface area contributed by atoms with Crippen LogP contribution in [0.3, 0.4) is 0 Å². The van der Waals surface area contributed by atoms with Gasteiger partial charge in [-0.25, -0.2) is 0 Å². The Morgan fingerprint density at radius 2 is 2.29 bits per heavy atom. The summed E-state index contributed by atoms with van der Waals surface area (Å²) in [5.74, 6) is 0. The lowest BCUT2D eigenvalue weighted by molar-refractivity contribution is 1.39. The van der Waals surface area contributed by atoms with Crippen LogP contribution in [0.2, 0.25) is 5.02 Å². The van der Waals surface area contributed by atoms with E-state index in [1.54, 1.807) is 6.20 Å². The number of pyridine rings is 1. The highest BCUT2D eigenvalue weighted by atomic mass is 35.5. The maximum atomic E-state index is 6.09. The van der Waals surface area contributed by atoms with Gasteiger partial charge < -0.3 is 0 Å². The van der Waals surface area contributed by atoms with E-state index in [1.807, 2.05) is 31.2 Å². The predicted molar refractivity (Wildman–Crippen MR) is 61.6 cm³/mol. The number of nitrogens with zero attached hydrogens (tertiary/aromatic N) is 1. The predicted octanol–water partition coefficient (Wildman–Crippen LogP) is 3.84. The lowest BCUT2D eigenvalue weighted by Crippen LogP contribution is -1.87. The first-order valence-electron chi connectivity index (χ1n) is 4.40. The van der Waals surface area contributed by atoms with Crippen LogP contribution in [0, 0.1) is 6.92 Å². The number of hydrogen-bond acceptors (Lipinski definition) is 1. The lowest BCUT2D eigenvalue weighted by Gasteiger charge is -2.06. The SMILES string of the molecule is C=Cc1c(C)cc(Cl)c2ncccc12. The van der Waals surface area contributed by atoms with E-state index in [-0.39, 0.29) is 0 Å². The zero-order valence-corrected chi connectivity index (χ0v) is 8.67. The Labute approximate surface area is 88.0 Å². The Kier molecular flexibility index (Phi) is 2.26. The van der Waals surface area contributed by atoms with Gasteiger partial charge in [0.15, 0.2) is 0 Å². The van der Waals surface area contributed by atoms with Gasteiger partial charge in [-0.3, -0.25) is 4.98 Å². The molecule has 0 unspecified atom stereocenters. The van der Waals surface area contributed by atoms with E-state index in [4.69, 9.17) is 11.6 Å². The van der Waals surface area contributed by atoms with Gasteiger partial charge in [0.1, 0.15) is 0 Å². The number of benzene rings is 1. The third-order valence-corrected chi connectivity index (χ3v) is 2.58. The molecule has 0 spiro atoms. The van der Waals surface area contributed by atoms with Crippen molar-refractivity contribution in [1.82, 2.24) is 4.98 Å². The van der Waals surface area contributed by atoms with Crippen molar-refractivity contribution in [3.63, 3.8) is 0 Å². The first kappa shape index (κ1) is 9.22. The third-order valence-electron chi connectivity index (χ3n) is 2.30. The summed E-state index contributed by atoms with van der Waals surface area (Å²) in [4.78, 5) is 4.25. The number of rotatable bonds is 1. The number of aryl methyl sites for hydroxylation is 1. The molecule has 14 heavy (non-hydrogen) atoms. The second-order valence-electron chi connectivity index (χ2n) is 3.19. The van der Waals surface area contributed by atoms with E-state index in [1.165, 1.54) is 0 Å². The molecule has 0 aliphatic heterocycles. The zero-order chi connectivity index (χ0) is 10.1. The van der Waals surface area contributed by atoms with Gasteiger partial charge in [-0.05, 0) is 30.2 Å². The first-order chi connectivity index (χ1) is 6.74. The largest absolute Gasteiger partial charge is 0.255 e. The molecule has 1 aromatic heterocycles. The van der Waals surface area contributed by atoms with Crippen molar-refractivity contribution >= 4 is 28.6 Å². The summed E-state index contributed by atoms with van der Waals surface area (Å²) in [6.07, 6.45) is 3.59. The van der Waals surface area contributed by atoms with Crippen molar-refractivity contribution in [2.75, 3.05) is 0 Å². The Balaban J connectivity index is 2.97. The average Bonchev–Trinajstić information content (AvgIpc) is 2.18. The third kappa shape index (κ3) is 1.30. The summed E-state index contributed by atoms with van der Waals surface area (Å²) in [6.45, 7) is 5.82. The van der Waals surface area contributed by atoms with E-state index in [9.17, 15) is 0 Å². The van der Waals surface area contributed by atoms with Crippen molar-refractivity contribution in [3.8, 4) is 0 Å². The van der Waals surface area contributed by atoms with Gasteiger partial charge in [0.05, 0.1) is 10.5 Å². The number of fused-ring (bicyclic) bond motifs is 1. The fourth-order valence-electron chi connectivity index (χ4n) is 1.63. The molecule has 0 atom stereocenters. The maximum Gasteiger partial charge on any atom is 0.0894 e. The molecule has 0 bridgehead atoms. The van der Waals surface area contributed by atoms with Crippen molar-refractivity contribution in [1.29, 1.82) is 0 Å². The molecule has 1 aromatic carbocycles. The molecular formula is C12H10ClN. The van der Waals surface area contributed by atoms with Crippen molar-refractivity contribution in [3.05, 3.63) is 47.1 Å². The minimum absolute atomic E-state index is 0.698. The lowest BCUT2D eigenvalue weighted by atomic mass is 10.0. The second-order valence-corrected chi connectivity index (χ2v) is 3.60. The summed E-state index contributed by atoms with van der Waals surface area (Å²) >= 11 is 6.09. The fraction of sp³-hybridized carbons (Fsp3) is 0.0833. The van der Waals surface area contributed by atoms with Crippen LogP contribution in [-0.2, 0) is 0 Å². The Hall–Kier alpha value is -1.34. The summed E-state index contributed by atoms with van der Waals surface area (Å²) < 4.78 is 0. The number of hydrogen-bond donors (Lipinski definition) is 0. The van der Waals surface area contributed by atoms with Crippen LogP contribution >= 0.6 is 11.6 Å². The fourth-order valence-corrected chi connectivity index (χ4v) is 1.95. The first-order valence-corrected chi connectivity index (χ1v) is 4.78. The molecule has 2 aromatic rings. The Morgan fingerprint density at radius 1 is 1.50 bits per heavy atom. The average molecular weight is 204 g/mol. The maximum absolute atomic E-state index is 6.09. The molecule has 0 amide bonds. The van der Waals surface area contributed by atoms with Gasteiger partial charge in [-0.15, -0.1) is 0 Å². The molecule has 0 aliphatic carbocycles. The molecule has 0 N–H and O–H groups in total. The quantitative estimate of drug-likeness (QED) is 0.686. The topological polar surface area (TPSA) is 12.9 Å². The molecule has 0 aliphatic rings. The van der Waals surface area contributed by atoms with Crippen LogP contribution in [0.5, 0.6) is 0 Å². The molecule has 1 nitrogen and oxygen atoms in total. The van der Waals surface area contributed by atoms with Gasteiger partial charge in [-0.2, -0.15) is 0 Å². The highest BCUT2D eigenvalue weighted by molar-refractivity contribution is 6.35. The molecule has 2 heteroatoms. The van der Waals surface area contributed by atoms with E-state index in [2.05, 4.69) is 11.6 Å². The minimum Gasteiger partial charge on any atom is -0.255 e. The van der Waals surface area contributed by atoms with Crippen LogP contribution in [0.25, 0.3) is 17.0 Å². The smallest absolute Gasteiger partial charge is 0.0894 e. The number of aromatic nitrogens is 1. The Bertz CT molecular complexity index is 503. The molecule has 1 heterocycles. The van der Waals surface area contributed by atoms with Crippen LogP contribution in [-0.4, -0.2) is 4.98 Å². The van der Waals surface area contributed by atoms with Crippen LogP contribution in [0.15, 0.2) is 31.0 Å². The van der Waals surface area contributed by atoms with Gasteiger partial charge in [-0.1, -0.05) is 30.3 Å². The van der Waals surface area contributed by atoms with Gasteiger partial charge in [0.25, 0.3) is 0 Å². The van der Waals surface area contributed by atoms with Crippen LogP contribution in [0.4, 0.5) is 0 Å². The highest BCUT2D eigenvalue weighted by Crippen LogP contribution is 2.28. The summed E-state index contributed by atoms with van der Waals surface area (Å²) in [5, 5.41) is 1.76. The highest BCUT2D eigenvalue weighted by Gasteiger charge is 2.06. The standard InChI is InChI=1S/C12H10ClN/c1-3-9-8(2)7-11(13)12-10(9)5-4-6-14-12/h3-7H,1H2,2H3. The molecular weight excluding hydrogens is 194 g/mol.